The van der Waals surface area contributed by atoms with Gasteiger partial charge >= 0.3 is 0 Å². The first kappa shape index (κ1) is 59.4. The van der Waals surface area contributed by atoms with Crippen molar-refractivity contribution < 1.29 is 79.1 Å². The topological polar surface area (TPSA) is 337 Å². The quantitative estimate of drug-likeness (QED) is 0.0949. The van der Waals surface area contributed by atoms with Crippen molar-refractivity contribution in [2.75, 3.05) is 76.3 Å². The molecule has 3 rings (SSSR count). The van der Waals surface area contributed by atoms with E-state index in [9.17, 15) is 59.4 Å². The van der Waals surface area contributed by atoms with Gasteiger partial charge in [-0.2, -0.15) is 0 Å². The van der Waals surface area contributed by atoms with Crippen molar-refractivity contribution in [3.05, 3.63) is 38.1 Å². The molecule has 3 unspecified atom stereocenters. The third-order valence-electron chi connectivity index (χ3n) is 8.88. The molecule has 28 heteroatoms. The summed E-state index contributed by atoms with van der Waals surface area (Å²) < 4.78 is 12.3. The lowest BCUT2D eigenvalue weighted by molar-refractivity contribution is -0.252. The van der Waals surface area contributed by atoms with Crippen LogP contribution in [0.4, 0.5) is 17.1 Å². The molecule has 1 aliphatic rings. The summed E-state index contributed by atoms with van der Waals surface area (Å²) in [4.78, 5) is 77.8. The highest BCUT2D eigenvalue weighted by Gasteiger charge is 2.45. The van der Waals surface area contributed by atoms with Crippen LogP contribution in [0, 0.1) is 21.4 Å². The number of methoxy groups -OCH3 is 1. The predicted octanol–water partition coefficient (Wildman–Crippen LogP) is -0.435. The maximum atomic E-state index is 13.2. The molecule has 1 fully saturated rings. The van der Waals surface area contributed by atoms with Crippen LogP contribution in [0.15, 0.2) is 0 Å². The van der Waals surface area contributed by atoms with Gasteiger partial charge in [-0.25, -0.2) is 0 Å². The number of likely N-dealkylation sites (N-methyl/N-ethyl adjacent to an activating group) is 1. The molecule has 0 radical (unpaired) electrons. The summed E-state index contributed by atoms with van der Waals surface area (Å²) in [6, 6.07) is -1.40. The number of carbonyl (C=O) groups is 6. The third kappa shape index (κ3) is 15.1. The van der Waals surface area contributed by atoms with Crippen molar-refractivity contribution in [3.63, 3.8) is 0 Å². The van der Waals surface area contributed by atoms with E-state index in [1.54, 1.807) is 0 Å². The molecular weight excluding hydrogens is 1530 g/mol. The molecule has 64 heavy (non-hydrogen) atoms. The van der Waals surface area contributed by atoms with E-state index in [1.165, 1.54) is 44.9 Å². The largest absolute Gasteiger partial charge is 0.394 e. The molecule has 2 aromatic rings. The van der Waals surface area contributed by atoms with Crippen LogP contribution in [0.5, 0.6) is 0 Å². The van der Waals surface area contributed by atoms with Crippen LogP contribution >= 0.6 is 136 Å². The minimum absolute atomic E-state index is 0.0941. The van der Waals surface area contributed by atoms with Crippen molar-refractivity contribution >= 4 is 188 Å². The van der Waals surface area contributed by atoms with E-state index in [1.807, 2.05) is 136 Å². The number of aliphatic hydroxyl groups is 8. The number of halogens is 6. The molecule has 2 aromatic carbocycles. The van der Waals surface area contributed by atoms with Gasteiger partial charge in [-0.15, -0.1) is 0 Å². The van der Waals surface area contributed by atoms with Crippen molar-refractivity contribution in [3.8, 4) is 0 Å². The van der Waals surface area contributed by atoms with Gasteiger partial charge in [0.1, 0.15) is 31.0 Å². The van der Waals surface area contributed by atoms with Crippen LogP contribution in [0.1, 0.15) is 44.9 Å². The molecule has 0 bridgehead atoms. The van der Waals surface area contributed by atoms with Crippen LogP contribution in [0.2, 0.25) is 0 Å². The van der Waals surface area contributed by atoms with Crippen molar-refractivity contribution in [2.24, 2.45) is 0 Å². The summed E-state index contributed by atoms with van der Waals surface area (Å²) in [5.41, 5.74) is 1.28. The molecule has 1 saturated heterocycles. The normalized spacial score (nSPS) is 19.0. The number of hydrogen-bond donors (Lipinski definition) is 12. The summed E-state index contributed by atoms with van der Waals surface area (Å²) in [6.45, 7) is 0.348. The number of rotatable bonds is 16. The zero-order valence-electron chi connectivity index (χ0n) is 34.3. The van der Waals surface area contributed by atoms with Gasteiger partial charge in [0.15, 0.2) is 6.29 Å². The first-order valence-electron chi connectivity index (χ1n) is 18.3. The van der Waals surface area contributed by atoms with Gasteiger partial charge in [0.25, 0.3) is 17.7 Å². The number of carbonyl (C=O) groups excluding carboxylic acids is 6. The van der Waals surface area contributed by atoms with E-state index >= 15 is 0 Å². The van der Waals surface area contributed by atoms with Gasteiger partial charge in [-0.3, -0.25) is 28.8 Å². The van der Waals surface area contributed by atoms with E-state index in [-0.39, 0.29) is 53.9 Å². The predicted molar refractivity (Wildman–Crippen MR) is 280 cm³/mol. The highest BCUT2D eigenvalue weighted by atomic mass is 127. The second-order valence-corrected chi connectivity index (χ2v) is 20.1. The fraction of sp³-hybridized carbons (Fsp3) is 0.500. The Kier molecular flexibility index (Phi) is 25.4. The molecule has 0 saturated carbocycles. The Hall–Kier alpha value is -0.760. The van der Waals surface area contributed by atoms with Crippen molar-refractivity contribution in [1.82, 2.24) is 15.5 Å². The molecule has 358 valence electrons. The zero-order chi connectivity index (χ0) is 49.1. The summed E-state index contributed by atoms with van der Waals surface area (Å²) in [5.74, 6) is -3.05. The highest BCUT2D eigenvalue weighted by Crippen LogP contribution is 2.41. The van der Waals surface area contributed by atoms with Gasteiger partial charge < -0.3 is 81.4 Å². The average Bonchev–Trinajstić information content (AvgIpc) is 3.22. The summed E-state index contributed by atoms with van der Waals surface area (Å²) in [5, 5.41) is 87.4. The van der Waals surface area contributed by atoms with E-state index < -0.39 is 86.3 Å². The number of anilines is 3. The molecule has 7 atom stereocenters. The summed E-state index contributed by atoms with van der Waals surface area (Å²) in [7, 11) is 4.32. The first-order valence-corrected chi connectivity index (χ1v) is 24.7. The molecule has 22 nitrogen and oxygen atoms in total. The molecule has 12 N–H and O–H groups in total. The second-order valence-electron chi connectivity index (χ2n) is 13.6. The minimum atomic E-state index is -1.69. The Morgan fingerprint density at radius 1 is 0.734 bits per heavy atom. The van der Waals surface area contributed by atoms with E-state index in [0.717, 1.165) is 0 Å². The molecule has 0 aromatic heterocycles. The monoisotopic (exact) mass is 1580 g/mol. The number of hydrogen-bond acceptors (Lipinski definition) is 16. The third-order valence-corrected chi connectivity index (χ3v) is 15.3. The molecule has 1 heterocycles. The lowest BCUT2D eigenvalue weighted by Crippen LogP contribution is -2.64. The molecule has 1 aliphatic heterocycles. The van der Waals surface area contributed by atoms with Gasteiger partial charge in [-0.1, -0.05) is 0 Å². The molecule has 0 aliphatic carbocycles. The maximum Gasteiger partial charge on any atom is 0.255 e. The molecule has 0 spiro atoms. The smallest absolute Gasteiger partial charge is 0.255 e. The van der Waals surface area contributed by atoms with Crippen LogP contribution in [0.25, 0.3) is 0 Å². The van der Waals surface area contributed by atoms with Gasteiger partial charge in [0.2, 0.25) is 17.7 Å². The fourth-order valence-electron chi connectivity index (χ4n) is 5.54. The maximum absolute atomic E-state index is 13.2. The SMILES string of the molecule is CC(=O)Nc1c(I)c(C(=O)N[C@H]2C(O)O[C@H](CO)[C@@H](O)[C@@H]2O)c(I)c(N(C)C(C)=O)c1I.COCC(=O)Nc1c(I)c(C(=O)NCC(O)CO)c(I)c(C(=O)N(C)CC(O)CO)c1I. The van der Waals surface area contributed by atoms with Crippen molar-refractivity contribution in [1.29, 1.82) is 0 Å². The Labute approximate surface area is 448 Å². The number of nitrogens with zero attached hydrogens (tertiary/aromatic N) is 2. The number of amides is 6. The van der Waals surface area contributed by atoms with Gasteiger partial charge in [0.05, 0.1) is 83.6 Å². The van der Waals surface area contributed by atoms with Crippen LogP contribution in [-0.4, -0.2) is 185 Å². The van der Waals surface area contributed by atoms with Gasteiger partial charge in [-0.05, 0) is 136 Å². The number of nitrogens with one attached hydrogen (secondary N) is 4. The minimum Gasteiger partial charge on any atom is -0.394 e. The summed E-state index contributed by atoms with van der Waals surface area (Å²) in [6.07, 6.45) is -8.37. The number of aliphatic hydroxyl groups excluding tert-OH is 8. The van der Waals surface area contributed by atoms with Crippen LogP contribution in [0.3, 0.4) is 0 Å². The Morgan fingerprint density at radius 2 is 1.27 bits per heavy atom. The van der Waals surface area contributed by atoms with E-state index in [2.05, 4.69) is 21.3 Å². The second kappa shape index (κ2) is 27.4. The lowest BCUT2D eigenvalue weighted by Gasteiger charge is -2.40. The van der Waals surface area contributed by atoms with Gasteiger partial charge in [0, 0.05) is 51.7 Å². The first-order chi connectivity index (χ1) is 29.8. The Balaban J connectivity index is 0.000000440. The van der Waals surface area contributed by atoms with Crippen LogP contribution in [-0.2, 0) is 23.9 Å². The number of ether oxygens (including phenoxy) is 2. The lowest BCUT2D eigenvalue weighted by atomic mass is 9.96. The Bertz CT molecular complexity index is 2070. The fourth-order valence-corrected chi connectivity index (χ4v) is 14.6. The Morgan fingerprint density at radius 3 is 1.77 bits per heavy atom. The average molecular weight is 1580 g/mol. The molecule has 6 amide bonds. The van der Waals surface area contributed by atoms with E-state index in [4.69, 9.17) is 19.7 Å². The zero-order valence-corrected chi connectivity index (χ0v) is 47.2. The standard InChI is InChI=1S/C18H22I3N3O8.C18H24I3N3O8/c1-5(26)22-12-9(19)8(10(20)14(11(12)21)24(3)6(2)27)17(30)23-13-16(29)15(28)7(4-25)32-18(13)31;1-24(4-9(28)6-26)18(31)12-13(19)11(17(30)22-3-8(27)5-25)14(20)16(15(12)21)23-10(29)7-32-2/h7,13,15-16,18,25,28-29,31H,4H2,1-3H3,(H,22,26)(H,23,30);8-9,25-28H,3-7H2,1-2H3,(H,22,30)(H,23,29)/t7-,13-,15-,16-,18?;/m1./s1. The highest BCUT2D eigenvalue weighted by molar-refractivity contribution is 14.1. The summed E-state index contributed by atoms with van der Waals surface area (Å²) >= 11 is 11.4. The number of benzene rings is 2. The van der Waals surface area contributed by atoms with E-state index in [0.29, 0.717) is 32.8 Å². The van der Waals surface area contributed by atoms with Crippen LogP contribution < -0.4 is 26.2 Å². The van der Waals surface area contributed by atoms with Crippen molar-refractivity contribution in [2.45, 2.75) is 56.7 Å². The molecular formula is C36H46I6N6O16.